The topological polar surface area (TPSA) is 26.0 Å². The molecule has 0 aliphatic heterocycles. The average Bonchev–Trinajstić information content (AvgIpc) is 1.87. The van der Waals surface area contributed by atoms with E-state index in [0.717, 1.165) is 0 Å². The molecule has 2 heteroatoms. The Morgan fingerprint density at radius 3 is 1.25 bits per heavy atom. The molecule has 1 nitrogen and oxygen atoms in total. The van der Waals surface area contributed by atoms with Crippen LogP contribution in [-0.4, -0.2) is 8.24 Å². The third-order valence-electron chi connectivity index (χ3n) is 1.06. The molecule has 44 valence electrons. The van der Waals surface area contributed by atoms with Crippen molar-refractivity contribution in [3.63, 3.8) is 0 Å². The van der Waals surface area contributed by atoms with Gasteiger partial charge in [-0.1, -0.05) is 17.1 Å². The van der Waals surface area contributed by atoms with Gasteiger partial charge in [-0.3, -0.25) is 0 Å². The van der Waals surface area contributed by atoms with Crippen molar-refractivity contribution in [2.45, 2.75) is 0 Å². The number of hydrogen-bond donors (Lipinski definition) is 1. The maximum atomic E-state index is 5.68. The molecule has 0 unspecified atom stereocenters. The van der Waals surface area contributed by atoms with Crippen LogP contribution < -0.4 is 5.40 Å². The van der Waals surface area contributed by atoms with Crippen LogP contribution in [0.25, 0.3) is 0 Å². The van der Waals surface area contributed by atoms with Gasteiger partial charge < -0.3 is 5.40 Å². The fraction of sp³-hybridized carbons (Fsp3) is 0. The lowest BCUT2D eigenvalue weighted by atomic mass is 11.2. The molecule has 0 saturated carbocycles. The summed E-state index contributed by atoms with van der Waals surface area (Å²) in [7, 11) is -1.88. The summed E-state index contributed by atoms with van der Waals surface area (Å²) >= 11 is 0. The SMILES string of the molecule is C=C[Si](N)(C=C)C=C. The summed E-state index contributed by atoms with van der Waals surface area (Å²) < 4.78 is 0. The third kappa shape index (κ3) is 1.48. The maximum Gasteiger partial charge on any atom is 0.195 e. The maximum absolute atomic E-state index is 5.68. The second kappa shape index (κ2) is 2.64. The highest BCUT2D eigenvalue weighted by Crippen LogP contribution is 1.95. The van der Waals surface area contributed by atoms with Gasteiger partial charge in [0.15, 0.2) is 8.24 Å². The van der Waals surface area contributed by atoms with Gasteiger partial charge in [0.1, 0.15) is 0 Å². The summed E-state index contributed by atoms with van der Waals surface area (Å²) in [6, 6.07) is 0. The standard InChI is InChI=1S/C6H11NSi/c1-4-8(7,5-2)6-3/h4-6H,1-3,7H2. The third-order valence-corrected chi connectivity index (χ3v) is 3.18. The lowest BCUT2D eigenvalue weighted by molar-refractivity contribution is 1.75. The summed E-state index contributed by atoms with van der Waals surface area (Å²) in [6.45, 7) is 10.7. The number of nitrogens with two attached hydrogens (primary N) is 1. The average molecular weight is 125 g/mol. The molecule has 0 heterocycles. The van der Waals surface area contributed by atoms with Gasteiger partial charge in [0.05, 0.1) is 0 Å². The van der Waals surface area contributed by atoms with Crippen LogP contribution in [0.4, 0.5) is 0 Å². The lowest BCUT2D eigenvalue weighted by Crippen LogP contribution is -2.39. The molecule has 0 fully saturated rings. The molecule has 0 spiro atoms. The van der Waals surface area contributed by atoms with Crippen molar-refractivity contribution in [2.75, 3.05) is 0 Å². The van der Waals surface area contributed by atoms with Crippen molar-refractivity contribution in [1.29, 1.82) is 0 Å². The summed E-state index contributed by atoms with van der Waals surface area (Å²) in [5.74, 6) is 0. The predicted octanol–water partition coefficient (Wildman–Crippen LogP) is 1.07. The van der Waals surface area contributed by atoms with Crippen LogP contribution in [0, 0.1) is 0 Å². The molecular weight excluding hydrogens is 114 g/mol. The zero-order chi connectivity index (χ0) is 6.62. The fourth-order valence-electron chi connectivity index (χ4n) is 0.250. The van der Waals surface area contributed by atoms with E-state index in [2.05, 4.69) is 19.7 Å². The normalized spacial score (nSPS) is 10.1. The quantitative estimate of drug-likeness (QED) is 0.561. The molecule has 0 aromatic rings. The van der Waals surface area contributed by atoms with Crippen molar-refractivity contribution < 1.29 is 0 Å². The monoisotopic (exact) mass is 125 g/mol. The molecule has 0 aromatic heterocycles. The van der Waals surface area contributed by atoms with Gasteiger partial charge >= 0.3 is 0 Å². The second-order valence-corrected chi connectivity index (χ2v) is 4.84. The Morgan fingerprint density at radius 2 is 1.25 bits per heavy atom. The molecule has 0 aliphatic rings. The Bertz CT molecular complexity index is 95.9. The largest absolute Gasteiger partial charge is 0.341 e. The van der Waals surface area contributed by atoms with Gasteiger partial charge in [0, 0.05) is 0 Å². The van der Waals surface area contributed by atoms with Gasteiger partial charge in [-0.05, 0) is 0 Å². The first-order chi connectivity index (χ1) is 3.68. The van der Waals surface area contributed by atoms with Crippen molar-refractivity contribution in [3.05, 3.63) is 36.8 Å². The molecule has 0 aromatic carbocycles. The van der Waals surface area contributed by atoms with E-state index < -0.39 is 8.24 Å². The summed E-state index contributed by atoms with van der Waals surface area (Å²) in [5, 5.41) is 5.68. The van der Waals surface area contributed by atoms with E-state index in [1.807, 2.05) is 0 Å². The molecule has 0 radical (unpaired) electrons. The van der Waals surface area contributed by atoms with E-state index in [0.29, 0.717) is 0 Å². The smallest absolute Gasteiger partial charge is 0.195 e. The minimum atomic E-state index is -1.88. The van der Waals surface area contributed by atoms with Crippen molar-refractivity contribution in [3.8, 4) is 0 Å². The first-order valence-corrected chi connectivity index (χ1v) is 4.69. The molecule has 0 bridgehead atoms. The van der Waals surface area contributed by atoms with Crippen molar-refractivity contribution >= 4 is 8.24 Å². The van der Waals surface area contributed by atoms with Crippen LogP contribution in [0.15, 0.2) is 36.8 Å². The van der Waals surface area contributed by atoms with Crippen LogP contribution in [0.2, 0.25) is 0 Å². The Labute approximate surface area is 51.3 Å². The van der Waals surface area contributed by atoms with E-state index >= 15 is 0 Å². The van der Waals surface area contributed by atoms with Crippen molar-refractivity contribution in [1.82, 2.24) is 0 Å². The molecule has 8 heavy (non-hydrogen) atoms. The molecule has 0 rings (SSSR count). The minimum absolute atomic E-state index is 1.73. The van der Waals surface area contributed by atoms with E-state index in [1.165, 1.54) is 0 Å². The summed E-state index contributed by atoms with van der Waals surface area (Å²) in [5.41, 5.74) is 5.19. The van der Waals surface area contributed by atoms with E-state index in [1.54, 1.807) is 17.1 Å². The van der Waals surface area contributed by atoms with Crippen LogP contribution in [0.5, 0.6) is 0 Å². The van der Waals surface area contributed by atoms with Crippen LogP contribution in [-0.2, 0) is 0 Å². The Hall–Kier alpha value is -0.603. The Balaban J connectivity index is 4.18. The number of rotatable bonds is 3. The van der Waals surface area contributed by atoms with Gasteiger partial charge in [0.25, 0.3) is 0 Å². The van der Waals surface area contributed by atoms with Crippen LogP contribution in [0.1, 0.15) is 0 Å². The zero-order valence-electron chi connectivity index (χ0n) is 4.93. The Kier molecular flexibility index (Phi) is 2.44. The zero-order valence-corrected chi connectivity index (χ0v) is 5.93. The highest BCUT2D eigenvalue weighted by Gasteiger charge is 2.12. The van der Waals surface area contributed by atoms with E-state index in [9.17, 15) is 0 Å². The van der Waals surface area contributed by atoms with Gasteiger partial charge in [-0.15, -0.1) is 19.7 Å². The molecular formula is C6H11NSi. The highest BCUT2D eigenvalue weighted by atomic mass is 28.3. The fourth-order valence-corrected chi connectivity index (χ4v) is 0.750. The molecule has 0 aliphatic carbocycles. The predicted molar refractivity (Wildman–Crippen MR) is 40.5 cm³/mol. The first-order valence-electron chi connectivity index (χ1n) is 2.38. The molecule has 0 saturated heterocycles. The van der Waals surface area contributed by atoms with Gasteiger partial charge in [-0.25, -0.2) is 0 Å². The number of hydrogen-bond acceptors (Lipinski definition) is 1. The van der Waals surface area contributed by atoms with E-state index in [4.69, 9.17) is 5.40 Å². The van der Waals surface area contributed by atoms with Crippen LogP contribution in [0.3, 0.4) is 0 Å². The summed E-state index contributed by atoms with van der Waals surface area (Å²) in [4.78, 5) is 0. The van der Waals surface area contributed by atoms with Gasteiger partial charge in [-0.2, -0.15) is 0 Å². The highest BCUT2D eigenvalue weighted by molar-refractivity contribution is 6.90. The van der Waals surface area contributed by atoms with E-state index in [-0.39, 0.29) is 0 Å². The molecule has 2 N–H and O–H groups in total. The van der Waals surface area contributed by atoms with Gasteiger partial charge in [0.2, 0.25) is 0 Å². The molecule has 0 atom stereocenters. The van der Waals surface area contributed by atoms with Crippen molar-refractivity contribution in [2.24, 2.45) is 5.40 Å². The minimum Gasteiger partial charge on any atom is -0.341 e. The second-order valence-electron chi connectivity index (χ2n) is 1.61. The molecule has 0 amide bonds. The van der Waals surface area contributed by atoms with Crippen LogP contribution >= 0.6 is 0 Å². The summed E-state index contributed by atoms with van der Waals surface area (Å²) in [6.07, 6.45) is 0. The first kappa shape index (κ1) is 7.40. The Morgan fingerprint density at radius 1 is 1.00 bits per heavy atom. The lowest BCUT2D eigenvalue weighted by Gasteiger charge is -2.09.